The van der Waals surface area contributed by atoms with Crippen LogP contribution in [0.15, 0.2) is 109 Å². The van der Waals surface area contributed by atoms with E-state index in [1.807, 2.05) is 91.9 Å². The van der Waals surface area contributed by atoms with E-state index in [0.29, 0.717) is 31.6 Å². The molecule has 0 spiro atoms. The number of benzene rings is 5. The molecule has 0 aliphatic rings. The topological polar surface area (TPSA) is 91.4 Å². The predicted octanol–water partition coefficient (Wildman–Crippen LogP) is 8.37. The van der Waals surface area contributed by atoms with Crippen LogP contribution in [-0.4, -0.2) is 35.1 Å². The van der Waals surface area contributed by atoms with Gasteiger partial charge in [0.25, 0.3) is 5.91 Å². The van der Waals surface area contributed by atoms with Crippen molar-refractivity contribution < 1.29 is 19.4 Å². The summed E-state index contributed by atoms with van der Waals surface area (Å²) in [7, 11) is 0. The molecule has 0 unspecified atom stereocenters. The maximum absolute atomic E-state index is 13.1. The zero-order valence-electron chi connectivity index (χ0n) is 25.3. The van der Waals surface area contributed by atoms with E-state index in [4.69, 9.17) is 4.74 Å². The quantitative estimate of drug-likeness (QED) is 0.124. The van der Waals surface area contributed by atoms with Gasteiger partial charge in [-0.25, -0.2) is 4.79 Å². The first-order valence-electron chi connectivity index (χ1n) is 15.4. The molecule has 0 radical (unpaired) electrons. The van der Waals surface area contributed by atoms with Crippen molar-refractivity contribution in [2.45, 2.75) is 32.6 Å². The fraction of sp³-hybridized carbons (Fsp3) is 0.179. The molecule has 1 aromatic heterocycles. The highest BCUT2D eigenvalue weighted by Gasteiger charge is 2.20. The molecule has 0 saturated heterocycles. The third-order valence-electron chi connectivity index (χ3n) is 8.29. The van der Waals surface area contributed by atoms with Crippen LogP contribution >= 0.6 is 0 Å². The van der Waals surface area contributed by atoms with Crippen molar-refractivity contribution in [2.75, 3.05) is 13.2 Å². The number of carboxylic acid groups (broad SMARTS) is 1. The molecule has 0 aliphatic heterocycles. The second-order valence-electron chi connectivity index (χ2n) is 11.3. The number of ether oxygens (including phenoxy) is 1. The van der Waals surface area contributed by atoms with E-state index in [2.05, 4.69) is 34.6 Å². The number of nitrogens with one attached hydrogen (secondary N) is 2. The zero-order valence-corrected chi connectivity index (χ0v) is 25.3. The van der Waals surface area contributed by atoms with Crippen molar-refractivity contribution in [1.29, 1.82) is 0 Å². The van der Waals surface area contributed by atoms with Crippen LogP contribution in [0.4, 0.5) is 0 Å². The normalized spacial score (nSPS) is 11.1. The van der Waals surface area contributed by atoms with Crippen LogP contribution in [0.3, 0.4) is 0 Å². The maximum Gasteiger partial charge on any atom is 0.352 e. The molecule has 0 atom stereocenters. The number of hydrogen-bond donors (Lipinski definition) is 3. The van der Waals surface area contributed by atoms with Crippen LogP contribution in [0.5, 0.6) is 5.75 Å². The number of carbonyl (C=O) groups excluding carboxylic acids is 1. The summed E-state index contributed by atoms with van der Waals surface area (Å²) in [6, 6.07) is 35.9. The summed E-state index contributed by atoms with van der Waals surface area (Å²) >= 11 is 0. The minimum absolute atomic E-state index is 0.124. The first-order valence-corrected chi connectivity index (χ1v) is 15.4. The molecule has 0 bridgehead atoms. The maximum atomic E-state index is 13.1. The second-order valence-corrected chi connectivity index (χ2v) is 11.3. The first kappa shape index (κ1) is 29.7. The molecule has 0 fully saturated rings. The Hall–Kier alpha value is -5.36. The highest BCUT2D eigenvalue weighted by Crippen LogP contribution is 2.35. The molecule has 0 aliphatic carbocycles. The van der Waals surface area contributed by atoms with Gasteiger partial charge in [0.2, 0.25) is 0 Å². The molecule has 1 amide bonds. The summed E-state index contributed by atoms with van der Waals surface area (Å²) < 4.78 is 6.14. The van der Waals surface area contributed by atoms with Gasteiger partial charge in [-0.05, 0) is 78.4 Å². The van der Waals surface area contributed by atoms with E-state index in [-0.39, 0.29) is 11.6 Å². The van der Waals surface area contributed by atoms with Gasteiger partial charge in [0.15, 0.2) is 0 Å². The summed E-state index contributed by atoms with van der Waals surface area (Å²) in [5.41, 5.74) is 6.27. The first-order chi connectivity index (χ1) is 22.0. The molecule has 226 valence electrons. The average Bonchev–Trinajstić information content (AvgIpc) is 3.45. The van der Waals surface area contributed by atoms with Crippen LogP contribution < -0.4 is 10.1 Å². The third kappa shape index (κ3) is 6.60. The van der Waals surface area contributed by atoms with Crippen LogP contribution in [0.2, 0.25) is 0 Å². The minimum atomic E-state index is -0.998. The molecule has 6 aromatic rings. The van der Waals surface area contributed by atoms with Crippen molar-refractivity contribution in [3.63, 3.8) is 0 Å². The van der Waals surface area contributed by atoms with Gasteiger partial charge in [-0.2, -0.15) is 0 Å². The number of fused-ring (bicyclic) bond motifs is 2. The van der Waals surface area contributed by atoms with Crippen molar-refractivity contribution in [3.8, 4) is 16.9 Å². The molecule has 0 saturated carbocycles. The lowest BCUT2D eigenvalue weighted by Crippen LogP contribution is -2.24. The Labute approximate surface area is 262 Å². The van der Waals surface area contributed by atoms with Crippen LogP contribution in [0, 0.1) is 6.92 Å². The van der Waals surface area contributed by atoms with Crippen molar-refractivity contribution in [2.24, 2.45) is 0 Å². The van der Waals surface area contributed by atoms with Gasteiger partial charge in [0, 0.05) is 28.4 Å². The summed E-state index contributed by atoms with van der Waals surface area (Å²) in [6.45, 7) is 3.04. The second kappa shape index (κ2) is 13.5. The number of carboxylic acids is 1. The highest BCUT2D eigenvalue weighted by atomic mass is 16.5. The van der Waals surface area contributed by atoms with Gasteiger partial charge < -0.3 is 20.1 Å². The highest BCUT2D eigenvalue weighted by molar-refractivity contribution is 6.04. The van der Waals surface area contributed by atoms with E-state index < -0.39 is 5.97 Å². The van der Waals surface area contributed by atoms with E-state index in [1.165, 1.54) is 5.56 Å². The van der Waals surface area contributed by atoms with Crippen molar-refractivity contribution >= 4 is 33.6 Å². The molecule has 5 aromatic carbocycles. The van der Waals surface area contributed by atoms with Gasteiger partial charge in [-0.15, -0.1) is 0 Å². The zero-order chi connectivity index (χ0) is 31.2. The number of rotatable bonds is 12. The average molecular weight is 597 g/mol. The Morgan fingerprint density at radius 2 is 1.53 bits per heavy atom. The largest absolute Gasteiger partial charge is 0.493 e. The SMILES string of the molecule is Cc1ccc(C(=O)NCCCc2ccccc2)cc1-c1cccc2c(CCCOc3cccc4ccccc34)c(C(=O)O)[nH]c12. The Balaban J connectivity index is 1.19. The van der Waals surface area contributed by atoms with Gasteiger partial charge in [-0.1, -0.05) is 91.0 Å². The number of aryl methyl sites for hydroxylation is 3. The molecule has 6 nitrogen and oxygen atoms in total. The fourth-order valence-corrected chi connectivity index (χ4v) is 5.99. The molecule has 1 heterocycles. The van der Waals surface area contributed by atoms with Crippen molar-refractivity contribution in [3.05, 3.63) is 137 Å². The third-order valence-corrected chi connectivity index (χ3v) is 8.29. The number of para-hydroxylation sites is 1. The number of H-pyrrole nitrogens is 1. The van der Waals surface area contributed by atoms with Gasteiger partial charge in [-0.3, -0.25) is 4.79 Å². The number of aromatic amines is 1. The molecular formula is C39H36N2O4. The lowest BCUT2D eigenvalue weighted by Gasteiger charge is -2.12. The Kier molecular flexibility index (Phi) is 8.92. The summed E-state index contributed by atoms with van der Waals surface area (Å²) in [4.78, 5) is 28.6. The molecule has 3 N–H and O–H groups in total. The van der Waals surface area contributed by atoms with E-state index in [0.717, 1.165) is 62.5 Å². The standard InChI is InChI=1S/C39H36N2O4/c1-26-21-22-29(38(42)40-23-9-13-27-11-3-2-4-12-27)25-34(26)33-18-8-17-31-32(37(39(43)44)41-36(31)33)19-10-24-45-35-20-7-15-28-14-5-6-16-30(28)35/h2-8,11-12,14-18,20-22,25,41H,9-10,13,19,23-24H2,1H3,(H,40,42)(H,43,44). The van der Waals surface area contributed by atoms with Crippen LogP contribution in [0.25, 0.3) is 32.8 Å². The van der Waals surface area contributed by atoms with E-state index >= 15 is 0 Å². The molecular weight excluding hydrogens is 560 g/mol. The predicted molar refractivity (Wildman–Crippen MR) is 180 cm³/mol. The number of aromatic nitrogens is 1. The Morgan fingerprint density at radius 1 is 0.778 bits per heavy atom. The molecule has 6 rings (SSSR count). The molecule has 6 heteroatoms. The lowest BCUT2D eigenvalue weighted by molar-refractivity contribution is 0.0690. The monoisotopic (exact) mass is 596 g/mol. The van der Waals surface area contributed by atoms with Gasteiger partial charge in [0.05, 0.1) is 12.1 Å². The van der Waals surface area contributed by atoms with Crippen molar-refractivity contribution in [1.82, 2.24) is 10.3 Å². The number of hydrogen-bond acceptors (Lipinski definition) is 3. The summed E-state index contributed by atoms with van der Waals surface area (Å²) in [5, 5.41) is 16.2. The lowest BCUT2D eigenvalue weighted by atomic mass is 9.95. The smallest absolute Gasteiger partial charge is 0.352 e. The molecule has 45 heavy (non-hydrogen) atoms. The summed E-state index contributed by atoms with van der Waals surface area (Å²) in [6.07, 6.45) is 2.95. The van der Waals surface area contributed by atoms with E-state index in [1.54, 1.807) is 0 Å². The number of carbonyl (C=O) groups is 2. The van der Waals surface area contributed by atoms with Crippen LogP contribution in [0.1, 0.15) is 50.4 Å². The number of aromatic carboxylic acids is 1. The minimum Gasteiger partial charge on any atom is -0.493 e. The van der Waals surface area contributed by atoms with Gasteiger partial charge >= 0.3 is 5.97 Å². The summed E-state index contributed by atoms with van der Waals surface area (Å²) in [5.74, 6) is -0.299. The van der Waals surface area contributed by atoms with Crippen LogP contribution in [-0.2, 0) is 12.8 Å². The number of amides is 1. The van der Waals surface area contributed by atoms with Gasteiger partial charge in [0.1, 0.15) is 11.4 Å². The Morgan fingerprint density at radius 3 is 2.38 bits per heavy atom. The fourth-order valence-electron chi connectivity index (χ4n) is 5.99. The van der Waals surface area contributed by atoms with E-state index in [9.17, 15) is 14.7 Å². The Bertz CT molecular complexity index is 1970.